The highest BCUT2D eigenvalue weighted by molar-refractivity contribution is 5.90. The number of rotatable bonds is 2. The number of hydrogen-bond acceptors (Lipinski definition) is 4. The number of amides is 2. The highest BCUT2D eigenvalue weighted by atomic mass is 16.5. The molecule has 17 heavy (non-hydrogen) atoms. The van der Waals surface area contributed by atoms with Gasteiger partial charge < -0.3 is 20.3 Å². The molecule has 2 fully saturated rings. The summed E-state index contributed by atoms with van der Waals surface area (Å²) in [7, 11) is 0. The molecule has 2 aliphatic heterocycles. The van der Waals surface area contributed by atoms with Crippen LogP contribution in [0.4, 0.5) is 0 Å². The third kappa shape index (κ3) is 2.42. The van der Waals surface area contributed by atoms with Crippen LogP contribution in [0.2, 0.25) is 0 Å². The summed E-state index contributed by atoms with van der Waals surface area (Å²) in [6, 6.07) is -0.843. The zero-order valence-electron chi connectivity index (χ0n) is 10.1. The van der Waals surface area contributed by atoms with Gasteiger partial charge in [0.15, 0.2) is 0 Å². The number of carbonyl (C=O) groups excluding carboxylic acids is 2. The van der Waals surface area contributed by atoms with Crippen LogP contribution in [0.25, 0.3) is 0 Å². The van der Waals surface area contributed by atoms with Gasteiger partial charge in [-0.05, 0) is 13.3 Å². The molecule has 2 heterocycles. The lowest BCUT2D eigenvalue weighted by Gasteiger charge is -2.32. The van der Waals surface area contributed by atoms with E-state index in [-0.39, 0.29) is 11.8 Å². The maximum Gasteiger partial charge on any atom is 0.245 e. The molecule has 6 nitrogen and oxygen atoms in total. The highest BCUT2D eigenvalue weighted by Gasteiger charge is 2.36. The topological polar surface area (TPSA) is 75.9 Å². The van der Waals surface area contributed by atoms with Gasteiger partial charge in [0.05, 0.1) is 19.3 Å². The first kappa shape index (κ1) is 12.3. The summed E-state index contributed by atoms with van der Waals surface area (Å²) in [6.45, 7) is 4.72. The van der Waals surface area contributed by atoms with Gasteiger partial charge in [-0.1, -0.05) is 0 Å². The monoisotopic (exact) mass is 241 g/mol. The Kier molecular flexibility index (Phi) is 3.63. The van der Waals surface area contributed by atoms with E-state index in [1.165, 1.54) is 0 Å². The lowest BCUT2D eigenvalue weighted by atomic mass is 10.2. The number of ether oxygens (including phenoxy) is 1. The average molecular weight is 241 g/mol. The molecule has 0 bridgehead atoms. The fraction of sp³-hybridized carbons (Fsp3) is 0.818. The number of hydrogen-bond donors (Lipinski definition) is 1. The summed E-state index contributed by atoms with van der Waals surface area (Å²) >= 11 is 0. The molecule has 0 aliphatic carbocycles. The van der Waals surface area contributed by atoms with Crippen molar-refractivity contribution in [2.45, 2.75) is 25.4 Å². The number of likely N-dealkylation sites (tertiary alicyclic amines) is 1. The zero-order chi connectivity index (χ0) is 12.4. The molecule has 2 rings (SSSR count). The Hall–Kier alpha value is -1.14. The van der Waals surface area contributed by atoms with Gasteiger partial charge in [0, 0.05) is 19.6 Å². The highest BCUT2D eigenvalue weighted by Crippen LogP contribution is 2.15. The maximum atomic E-state index is 12.2. The second kappa shape index (κ2) is 5.01. The van der Waals surface area contributed by atoms with E-state index in [1.54, 1.807) is 16.7 Å². The predicted molar refractivity (Wildman–Crippen MR) is 61.2 cm³/mol. The quantitative estimate of drug-likeness (QED) is 0.658. The van der Waals surface area contributed by atoms with Gasteiger partial charge in [-0.15, -0.1) is 0 Å². The predicted octanol–water partition coefficient (Wildman–Crippen LogP) is -1.21. The van der Waals surface area contributed by atoms with Crippen molar-refractivity contribution in [3.8, 4) is 0 Å². The van der Waals surface area contributed by atoms with Crippen molar-refractivity contribution < 1.29 is 14.3 Å². The second-order valence-electron chi connectivity index (χ2n) is 4.54. The van der Waals surface area contributed by atoms with E-state index < -0.39 is 12.1 Å². The van der Waals surface area contributed by atoms with E-state index >= 15 is 0 Å². The van der Waals surface area contributed by atoms with Gasteiger partial charge in [-0.25, -0.2) is 0 Å². The molecule has 0 aromatic carbocycles. The van der Waals surface area contributed by atoms with Gasteiger partial charge in [0.2, 0.25) is 11.8 Å². The lowest BCUT2D eigenvalue weighted by Crippen LogP contribution is -2.52. The molecule has 2 N–H and O–H groups in total. The van der Waals surface area contributed by atoms with Gasteiger partial charge in [-0.2, -0.15) is 0 Å². The van der Waals surface area contributed by atoms with Gasteiger partial charge >= 0.3 is 0 Å². The fourth-order valence-corrected chi connectivity index (χ4v) is 2.29. The summed E-state index contributed by atoms with van der Waals surface area (Å²) < 4.78 is 5.20. The first-order valence-electron chi connectivity index (χ1n) is 6.04. The molecule has 0 spiro atoms. The third-order valence-corrected chi connectivity index (χ3v) is 3.43. The van der Waals surface area contributed by atoms with E-state index in [9.17, 15) is 9.59 Å². The minimum atomic E-state index is -0.435. The van der Waals surface area contributed by atoms with Crippen molar-refractivity contribution in [2.75, 3.05) is 32.8 Å². The summed E-state index contributed by atoms with van der Waals surface area (Å²) in [5, 5.41) is 0. The standard InChI is InChI=1S/C11H19N3O3/c1-8(14-3-2-9(12)11(14)16)10(15)13-4-6-17-7-5-13/h8-9H,2-7,12H2,1H3/t8-,9?/m0/s1. The summed E-state index contributed by atoms with van der Waals surface area (Å²) in [5.74, 6) is -0.116. The van der Waals surface area contributed by atoms with Gasteiger partial charge in [-0.3, -0.25) is 9.59 Å². The van der Waals surface area contributed by atoms with Crippen molar-refractivity contribution >= 4 is 11.8 Å². The van der Waals surface area contributed by atoms with Crippen LogP contribution in [0.5, 0.6) is 0 Å². The normalized spacial score (nSPS) is 27.4. The molecular formula is C11H19N3O3. The first-order chi connectivity index (χ1) is 8.11. The van der Waals surface area contributed by atoms with E-state index in [0.717, 1.165) is 0 Å². The minimum Gasteiger partial charge on any atom is -0.378 e. The maximum absolute atomic E-state index is 12.2. The molecule has 0 radical (unpaired) electrons. The Morgan fingerprint density at radius 2 is 2.06 bits per heavy atom. The van der Waals surface area contributed by atoms with Gasteiger partial charge in [0.1, 0.15) is 6.04 Å². The molecule has 0 saturated carbocycles. The average Bonchev–Trinajstić information content (AvgIpc) is 2.69. The number of nitrogens with two attached hydrogens (primary N) is 1. The number of carbonyl (C=O) groups is 2. The molecular weight excluding hydrogens is 222 g/mol. The number of nitrogens with zero attached hydrogens (tertiary/aromatic N) is 2. The van der Waals surface area contributed by atoms with E-state index in [4.69, 9.17) is 10.5 Å². The summed E-state index contributed by atoms with van der Waals surface area (Å²) in [6.07, 6.45) is 0.638. The molecule has 2 saturated heterocycles. The van der Waals surface area contributed by atoms with Crippen LogP contribution in [-0.4, -0.2) is 66.5 Å². The number of morpholine rings is 1. The van der Waals surface area contributed by atoms with Crippen LogP contribution in [0.15, 0.2) is 0 Å². The van der Waals surface area contributed by atoms with Crippen LogP contribution in [0.3, 0.4) is 0 Å². The van der Waals surface area contributed by atoms with E-state index in [1.807, 2.05) is 0 Å². The Morgan fingerprint density at radius 3 is 2.59 bits per heavy atom. The Balaban J connectivity index is 1.97. The van der Waals surface area contributed by atoms with E-state index in [2.05, 4.69) is 0 Å². The largest absolute Gasteiger partial charge is 0.378 e. The summed E-state index contributed by atoms with van der Waals surface area (Å²) in [5.41, 5.74) is 5.65. The van der Waals surface area contributed by atoms with Crippen LogP contribution >= 0.6 is 0 Å². The Labute approximate surface area is 101 Å². The smallest absolute Gasteiger partial charge is 0.245 e. The van der Waals surface area contributed by atoms with Crippen molar-refractivity contribution in [1.29, 1.82) is 0 Å². The first-order valence-corrected chi connectivity index (χ1v) is 6.04. The van der Waals surface area contributed by atoms with Crippen molar-refractivity contribution in [2.24, 2.45) is 5.73 Å². The molecule has 2 aliphatic rings. The zero-order valence-corrected chi connectivity index (χ0v) is 10.1. The third-order valence-electron chi connectivity index (χ3n) is 3.43. The molecule has 2 atom stereocenters. The minimum absolute atomic E-state index is 0.00394. The molecule has 0 aromatic heterocycles. The van der Waals surface area contributed by atoms with Crippen LogP contribution < -0.4 is 5.73 Å². The van der Waals surface area contributed by atoms with Crippen LogP contribution in [-0.2, 0) is 14.3 Å². The van der Waals surface area contributed by atoms with Gasteiger partial charge in [0.25, 0.3) is 0 Å². The molecule has 6 heteroatoms. The van der Waals surface area contributed by atoms with Crippen LogP contribution in [0.1, 0.15) is 13.3 Å². The van der Waals surface area contributed by atoms with Crippen LogP contribution in [0, 0.1) is 0 Å². The van der Waals surface area contributed by atoms with E-state index in [0.29, 0.717) is 39.3 Å². The van der Waals surface area contributed by atoms with Crippen molar-refractivity contribution in [3.63, 3.8) is 0 Å². The molecule has 96 valence electrons. The second-order valence-corrected chi connectivity index (χ2v) is 4.54. The Bertz CT molecular complexity index is 315. The summed E-state index contributed by atoms with van der Waals surface area (Å²) in [4.78, 5) is 27.3. The SMILES string of the molecule is C[C@@H](C(=O)N1CCOCC1)N1CCC(N)C1=O. The Morgan fingerprint density at radius 1 is 1.41 bits per heavy atom. The lowest BCUT2D eigenvalue weighted by molar-refractivity contribution is -0.145. The molecule has 1 unspecified atom stereocenters. The van der Waals surface area contributed by atoms with Crippen molar-refractivity contribution in [3.05, 3.63) is 0 Å². The molecule has 0 aromatic rings. The molecule has 2 amide bonds. The van der Waals surface area contributed by atoms with Crippen molar-refractivity contribution in [1.82, 2.24) is 9.80 Å². The fourth-order valence-electron chi connectivity index (χ4n) is 2.29.